The summed E-state index contributed by atoms with van der Waals surface area (Å²) in [6.07, 6.45) is -2.13. The lowest BCUT2D eigenvalue weighted by molar-refractivity contribution is -0.274. The van der Waals surface area contributed by atoms with E-state index in [4.69, 9.17) is 4.42 Å². The smallest absolute Gasteiger partial charge is 0.459 e. The first kappa shape index (κ1) is 20.6. The van der Waals surface area contributed by atoms with E-state index in [9.17, 15) is 22.8 Å². The van der Waals surface area contributed by atoms with Crippen molar-refractivity contribution >= 4 is 17.6 Å². The van der Waals surface area contributed by atoms with Crippen molar-refractivity contribution in [2.24, 2.45) is 0 Å². The molecule has 2 heterocycles. The maximum Gasteiger partial charge on any atom is 0.573 e. The number of carbonyl (C=O) groups is 2. The Labute approximate surface area is 164 Å². The lowest BCUT2D eigenvalue weighted by Crippen LogP contribution is -2.47. The molecule has 1 aromatic heterocycles. The van der Waals surface area contributed by atoms with Crippen molar-refractivity contribution in [1.29, 1.82) is 0 Å². The van der Waals surface area contributed by atoms with Gasteiger partial charge in [0.1, 0.15) is 5.75 Å². The molecule has 10 heteroatoms. The molecule has 0 bridgehead atoms. The summed E-state index contributed by atoms with van der Waals surface area (Å²) >= 11 is 0. The van der Waals surface area contributed by atoms with Gasteiger partial charge in [0.25, 0.3) is 5.91 Å². The molecule has 3 rings (SSSR count). The Hall–Kier alpha value is -3.17. The summed E-state index contributed by atoms with van der Waals surface area (Å²) in [4.78, 5) is 26.2. The van der Waals surface area contributed by atoms with Crippen LogP contribution >= 0.6 is 0 Å². The number of carbonyl (C=O) groups excluding carboxylic acids is 2. The van der Waals surface area contributed by atoms with Gasteiger partial charge in [0.15, 0.2) is 5.76 Å². The van der Waals surface area contributed by atoms with Crippen molar-refractivity contribution in [2.45, 2.75) is 32.2 Å². The third-order valence-electron chi connectivity index (χ3n) is 4.52. The molecule has 0 atom stereocenters. The zero-order valence-corrected chi connectivity index (χ0v) is 15.6. The maximum absolute atomic E-state index is 12.4. The number of urea groups is 1. The van der Waals surface area contributed by atoms with Gasteiger partial charge in [-0.3, -0.25) is 4.79 Å². The summed E-state index contributed by atoms with van der Waals surface area (Å²) in [5, 5.41) is 5.36. The molecule has 29 heavy (non-hydrogen) atoms. The number of anilines is 1. The van der Waals surface area contributed by atoms with Crippen LogP contribution in [-0.4, -0.2) is 42.3 Å². The van der Waals surface area contributed by atoms with Crippen molar-refractivity contribution in [3.63, 3.8) is 0 Å². The zero-order valence-electron chi connectivity index (χ0n) is 15.6. The van der Waals surface area contributed by atoms with E-state index in [2.05, 4.69) is 15.4 Å². The van der Waals surface area contributed by atoms with Crippen LogP contribution in [0.1, 0.15) is 29.0 Å². The number of halogens is 3. The molecular formula is C19H20F3N3O4. The van der Waals surface area contributed by atoms with Gasteiger partial charge in [-0.1, -0.05) is 0 Å². The Bertz CT molecular complexity index is 856. The van der Waals surface area contributed by atoms with Crippen molar-refractivity contribution in [3.8, 4) is 5.75 Å². The molecule has 1 saturated heterocycles. The molecule has 1 aliphatic heterocycles. The number of likely N-dealkylation sites (tertiary alicyclic amines) is 1. The molecule has 0 radical (unpaired) electrons. The first-order valence-electron chi connectivity index (χ1n) is 8.98. The van der Waals surface area contributed by atoms with E-state index in [-0.39, 0.29) is 17.7 Å². The summed E-state index contributed by atoms with van der Waals surface area (Å²) in [5.74, 6) is -0.212. The number of nitrogens with zero attached hydrogens (tertiary/aromatic N) is 1. The van der Waals surface area contributed by atoms with Crippen molar-refractivity contribution < 1.29 is 31.9 Å². The van der Waals surface area contributed by atoms with E-state index < -0.39 is 12.4 Å². The fraction of sp³-hybridized carbons (Fsp3) is 0.368. The Morgan fingerprint density at radius 2 is 1.79 bits per heavy atom. The van der Waals surface area contributed by atoms with Gasteiger partial charge < -0.3 is 24.7 Å². The van der Waals surface area contributed by atoms with E-state index in [1.807, 2.05) is 0 Å². The summed E-state index contributed by atoms with van der Waals surface area (Å²) < 4.78 is 45.5. The third-order valence-corrected chi connectivity index (χ3v) is 4.52. The second-order valence-electron chi connectivity index (χ2n) is 6.67. The van der Waals surface area contributed by atoms with Gasteiger partial charge in [0.05, 0.1) is 6.26 Å². The highest BCUT2D eigenvalue weighted by molar-refractivity contribution is 5.93. The number of benzene rings is 1. The van der Waals surface area contributed by atoms with Crippen molar-refractivity contribution in [1.82, 2.24) is 10.2 Å². The molecule has 2 N–H and O–H groups in total. The number of ether oxygens (including phenoxy) is 1. The second-order valence-corrected chi connectivity index (χ2v) is 6.67. The Kier molecular flexibility index (Phi) is 6.00. The van der Waals surface area contributed by atoms with Gasteiger partial charge >= 0.3 is 12.4 Å². The third kappa shape index (κ3) is 5.66. The van der Waals surface area contributed by atoms with Gasteiger partial charge in [-0.05, 0) is 50.1 Å². The summed E-state index contributed by atoms with van der Waals surface area (Å²) in [6.45, 7) is 2.76. The number of hydrogen-bond donors (Lipinski definition) is 2. The average molecular weight is 411 g/mol. The second kappa shape index (κ2) is 8.46. The highest BCUT2D eigenvalue weighted by atomic mass is 19.4. The number of piperidine rings is 1. The van der Waals surface area contributed by atoms with E-state index in [0.29, 0.717) is 37.4 Å². The number of alkyl halides is 3. The molecular weight excluding hydrogens is 391 g/mol. The zero-order chi connectivity index (χ0) is 21.0. The molecule has 7 nitrogen and oxygen atoms in total. The topological polar surface area (TPSA) is 83.8 Å². The van der Waals surface area contributed by atoms with E-state index in [0.717, 1.165) is 17.7 Å². The predicted octanol–water partition coefficient (Wildman–Crippen LogP) is 3.91. The van der Waals surface area contributed by atoms with Crippen LogP contribution in [0.3, 0.4) is 0 Å². The summed E-state index contributed by atoms with van der Waals surface area (Å²) in [5.41, 5.74) is 1.11. The fourth-order valence-corrected chi connectivity index (χ4v) is 3.05. The van der Waals surface area contributed by atoms with Crippen LogP contribution in [0.2, 0.25) is 0 Å². The van der Waals surface area contributed by atoms with Crippen LogP contribution < -0.4 is 15.4 Å². The van der Waals surface area contributed by atoms with Gasteiger partial charge in [0.2, 0.25) is 0 Å². The van der Waals surface area contributed by atoms with Crippen LogP contribution in [0.5, 0.6) is 5.75 Å². The van der Waals surface area contributed by atoms with Gasteiger partial charge in [-0.15, -0.1) is 13.2 Å². The molecule has 1 aromatic carbocycles. The fourth-order valence-electron chi connectivity index (χ4n) is 3.05. The van der Waals surface area contributed by atoms with Crippen LogP contribution in [0.25, 0.3) is 0 Å². The average Bonchev–Trinajstić information content (AvgIpc) is 3.08. The molecule has 2 aromatic rings. The largest absolute Gasteiger partial charge is 0.573 e. The Morgan fingerprint density at radius 3 is 2.34 bits per heavy atom. The maximum atomic E-state index is 12.4. The molecule has 0 saturated carbocycles. The van der Waals surface area contributed by atoms with Crippen LogP contribution in [-0.2, 0) is 0 Å². The normalized spacial score (nSPS) is 15.1. The van der Waals surface area contributed by atoms with E-state index in [1.54, 1.807) is 17.9 Å². The molecule has 0 aliphatic carbocycles. The van der Waals surface area contributed by atoms with Gasteiger partial charge in [-0.2, -0.15) is 0 Å². The Balaban J connectivity index is 1.45. The quantitative estimate of drug-likeness (QED) is 0.799. The first-order valence-corrected chi connectivity index (χ1v) is 8.98. The number of nitrogens with one attached hydrogen (secondary N) is 2. The molecule has 156 valence electrons. The number of hydrogen-bond acceptors (Lipinski definition) is 4. The van der Waals surface area contributed by atoms with Gasteiger partial charge in [-0.25, -0.2) is 4.79 Å². The Morgan fingerprint density at radius 1 is 1.14 bits per heavy atom. The minimum Gasteiger partial charge on any atom is -0.459 e. The standard InChI is InChI=1S/C19H20F3N3O4/c1-12-8-11-28-16(12)17(26)25-9-6-14(7-10-25)24-18(27)23-13-2-4-15(5-3-13)29-19(20,21)22/h2-5,8,11,14H,6-7,9-10H2,1H3,(H2,23,24,27). The molecule has 1 aliphatic rings. The van der Waals surface area contributed by atoms with Crippen LogP contribution in [0, 0.1) is 6.92 Å². The van der Waals surface area contributed by atoms with E-state index >= 15 is 0 Å². The molecule has 0 spiro atoms. The molecule has 1 fully saturated rings. The number of amides is 3. The predicted molar refractivity (Wildman–Crippen MR) is 97.6 cm³/mol. The van der Waals surface area contributed by atoms with Crippen LogP contribution in [0.4, 0.5) is 23.7 Å². The summed E-state index contributed by atoms with van der Waals surface area (Å²) in [7, 11) is 0. The van der Waals surface area contributed by atoms with Crippen molar-refractivity contribution in [2.75, 3.05) is 18.4 Å². The lowest BCUT2D eigenvalue weighted by atomic mass is 10.0. The summed E-state index contributed by atoms with van der Waals surface area (Å²) in [6, 6.07) is 5.99. The van der Waals surface area contributed by atoms with Crippen molar-refractivity contribution in [3.05, 3.63) is 47.9 Å². The molecule has 3 amide bonds. The van der Waals surface area contributed by atoms with E-state index in [1.165, 1.54) is 18.4 Å². The highest BCUT2D eigenvalue weighted by Crippen LogP contribution is 2.24. The lowest BCUT2D eigenvalue weighted by Gasteiger charge is -2.32. The number of furan rings is 1. The number of aryl methyl sites for hydroxylation is 1. The first-order chi connectivity index (χ1) is 13.7. The number of rotatable bonds is 4. The minimum atomic E-state index is -4.77. The highest BCUT2D eigenvalue weighted by Gasteiger charge is 2.31. The van der Waals surface area contributed by atoms with Crippen LogP contribution in [0.15, 0.2) is 41.0 Å². The monoisotopic (exact) mass is 411 g/mol. The SMILES string of the molecule is Cc1ccoc1C(=O)N1CCC(NC(=O)Nc2ccc(OC(F)(F)F)cc2)CC1. The minimum absolute atomic E-state index is 0.121. The molecule has 0 unspecified atom stereocenters. The van der Waals surface area contributed by atoms with Gasteiger partial charge in [0, 0.05) is 30.4 Å².